The zero-order chi connectivity index (χ0) is 14.7. The van der Waals surface area contributed by atoms with Gasteiger partial charge in [-0.2, -0.15) is 5.10 Å². The molecule has 108 valence electrons. The summed E-state index contributed by atoms with van der Waals surface area (Å²) < 4.78 is 2.02. The summed E-state index contributed by atoms with van der Waals surface area (Å²) in [4.78, 5) is 7.12. The van der Waals surface area contributed by atoms with Crippen LogP contribution >= 0.6 is 0 Å². The summed E-state index contributed by atoms with van der Waals surface area (Å²) in [6, 6.07) is 8.29. The van der Waals surface area contributed by atoms with Gasteiger partial charge in [0.1, 0.15) is 0 Å². The van der Waals surface area contributed by atoms with Gasteiger partial charge in [-0.3, -0.25) is 0 Å². The van der Waals surface area contributed by atoms with Gasteiger partial charge in [0.25, 0.3) is 0 Å². The van der Waals surface area contributed by atoms with Gasteiger partial charge >= 0.3 is 0 Å². The number of aromatic amines is 1. The molecule has 0 aliphatic heterocycles. The lowest BCUT2D eigenvalue weighted by Gasteiger charge is -2.11. The second-order valence-electron chi connectivity index (χ2n) is 4.99. The molecular formula is C16H19N5. The highest BCUT2D eigenvalue weighted by molar-refractivity contribution is 5.52. The molecule has 0 saturated heterocycles. The highest BCUT2D eigenvalue weighted by Crippen LogP contribution is 2.22. The van der Waals surface area contributed by atoms with Crippen LogP contribution in [0.4, 0.5) is 5.69 Å². The molecule has 2 aromatic heterocycles. The Balaban J connectivity index is 1.88. The molecule has 2 N–H and O–H groups in total. The van der Waals surface area contributed by atoms with Crippen LogP contribution in [0.3, 0.4) is 0 Å². The smallest absolute Gasteiger partial charge is 0.0922 e. The van der Waals surface area contributed by atoms with Crippen LogP contribution in [0.15, 0.2) is 43.0 Å². The predicted molar refractivity (Wildman–Crippen MR) is 83.6 cm³/mol. The van der Waals surface area contributed by atoms with E-state index < -0.39 is 0 Å². The molecule has 0 amide bonds. The second kappa shape index (κ2) is 5.83. The third kappa shape index (κ3) is 2.67. The SMILES string of the molecule is CCc1c(NCc2cnc[nH]2)cnn1-c1ccccc1C. The van der Waals surface area contributed by atoms with Crippen molar-refractivity contribution in [3.8, 4) is 5.69 Å². The molecular weight excluding hydrogens is 262 g/mol. The van der Waals surface area contributed by atoms with Crippen molar-refractivity contribution >= 4 is 5.69 Å². The summed E-state index contributed by atoms with van der Waals surface area (Å²) in [6.45, 7) is 4.97. The average molecular weight is 281 g/mol. The minimum Gasteiger partial charge on any atom is -0.377 e. The first kappa shape index (κ1) is 13.4. The van der Waals surface area contributed by atoms with Crippen molar-refractivity contribution in [3.63, 3.8) is 0 Å². The molecule has 1 aromatic carbocycles. The Morgan fingerprint density at radius 1 is 1.24 bits per heavy atom. The largest absolute Gasteiger partial charge is 0.377 e. The monoisotopic (exact) mass is 281 g/mol. The zero-order valence-corrected chi connectivity index (χ0v) is 12.3. The van der Waals surface area contributed by atoms with Crippen molar-refractivity contribution in [1.29, 1.82) is 0 Å². The topological polar surface area (TPSA) is 58.5 Å². The minimum atomic E-state index is 0.715. The number of rotatable bonds is 5. The maximum Gasteiger partial charge on any atom is 0.0922 e. The first-order valence-corrected chi connectivity index (χ1v) is 7.13. The lowest BCUT2D eigenvalue weighted by Crippen LogP contribution is -2.06. The Labute approximate surface area is 124 Å². The highest BCUT2D eigenvalue weighted by atomic mass is 15.3. The Morgan fingerprint density at radius 3 is 2.81 bits per heavy atom. The molecule has 0 aliphatic carbocycles. The number of aromatic nitrogens is 4. The fourth-order valence-corrected chi connectivity index (χ4v) is 2.44. The zero-order valence-electron chi connectivity index (χ0n) is 12.3. The lowest BCUT2D eigenvalue weighted by atomic mass is 10.2. The van der Waals surface area contributed by atoms with Gasteiger partial charge in [-0.1, -0.05) is 25.1 Å². The van der Waals surface area contributed by atoms with E-state index in [1.165, 1.54) is 11.3 Å². The van der Waals surface area contributed by atoms with E-state index >= 15 is 0 Å². The van der Waals surface area contributed by atoms with Crippen LogP contribution in [0, 0.1) is 6.92 Å². The number of nitrogens with one attached hydrogen (secondary N) is 2. The molecule has 3 aromatic rings. The first-order valence-electron chi connectivity index (χ1n) is 7.13. The van der Waals surface area contributed by atoms with Gasteiger partial charge in [0.15, 0.2) is 0 Å². The summed E-state index contributed by atoms with van der Waals surface area (Å²) >= 11 is 0. The van der Waals surface area contributed by atoms with Crippen LogP contribution in [-0.2, 0) is 13.0 Å². The molecule has 0 aliphatic rings. The summed E-state index contributed by atoms with van der Waals surface area (Å²) in [6.07, 6.45) is 6.32. The van der Waals surface area contributed by atoms with E-state index in [-0.39, 0.29) is 0 Å². The maximum absolute atomic E-state index is 4.55. The minimum absolute atomic E-state index is 0.715. The molecule has 0 saturated carbocycles. The van der Waals surface area contributed by atoms with E-state index in [2.05, 4.69) is 46.4 Å². The standard InChI is InChI=1S/C16H19N5/c1-3-15-14(18-9-13-8-17-11-19-13)10-20-21(15)16-7-5-4-6-12(16)2/h4-8,10-11,18H,3,9H2,1-2H3,(H,17,19). The van der Waals surface area contributed by atoms with Crippen LogP contribution in [0.1, 0.15) is 23.9 Å². The maximum atomic E-state index is 4.55. The average Bonchev–Trinajstić information content (AvgIpc) is 3.14. The molecule has 0 radical (unpaired) electrons. The Kier molecular flexibility index (Phi) is 3.73. The Bertz CT molecular complexity index is 712. The molecule has 0 bridgehead atoms. The third-order valence-corrected chi connectivity index (χ3v) is 3.57. The second-order valence-corrected chi connectivity index (χ2v) is 4.99. The molecule has 0 spiro atoms. The van der Waals surface area contributed by atoms with Crippen molar-refractivity contribution in [2.75, 3.05) is 5.32 Å². The normalized spacial score (nSPS) is 10.8. The number of hydrogen-bond acceptors (Lipinski definition) is 3. The van der Waals surface area contributed by atoms with Gasteiger partial charge in [0.05, 0.1) is 41.8 Å². The molecule has 5 heteroatoms. The van der Waals surface area contributed by atoms with Gasteiger partial charge in [-0.15, -0.1) is 0 Å². The fourth-order valence-electron chi connectivity index (χ4n) is 2.44. The van der Waals surface area contributed by atoms with Crippen molar-refractivity contribution in [2.45, 2.75) is 26.8 Å². The number of nitrogens with zero attached hydrogens (tertiary/aromatic N) is 3. The van der Waals surface area contributed by atoms with E-state index in [4.69, 9.17) is 0 Å². The van der Waals surface area contributed by atoms with E-state index in [1.807, 2.05) is 29.2 Å². The molecule has 0 unspecified atom stereocenters. The predicted octanol–water partition coefficient (Wildman–Crippen LogP) is 3.08. The Morgan fingerprint density at radius 2 is 2.10 bits per heavy atom. The van der Waals surface area contributed by atoms with Gasteiger partial charge < -0.3 is 10.3 Å². The summed E-state index contributed by atoms with van der Waals surface area (Å²) in [5, 5.41) is 7.97. The molecule has 0 atom stereocenters. The molecule has 21 heavy (non-hydrogen) atoms. The number of aryl methyl sites for hydroxylation is 1. The number of anilines is 1. The number of imidazole rings is 1. The number of hydrogen-bond donors (Lipinski definition) is 2. The van der Waals surface area contributed by atoms with Gasteiger partial charge in [0, 0.05) is 6.20 Å². The molecule has 2 heterocycles. The van der Waals surface area contributed by atoms with Crippen LogP contribution in [0.25, 0.3) is 5.69 Å². The van der Waals surface area contributed by atoms with Crippen molar-refractivity contribution in [2.24, 2.45) is 0 Å². The van der Waals surface area contributed by atoms with E-state index in [0.717, 1.165) is 23.5 Å². The summed E-state index contributed by atoms with van der Waals surface area (Å²) in [5.41, 5.74) is 5.65. The first-order chi connectivity index (χ1) is 10.3. The van der Waals surface area contributed by atoms with Crippen molar-refractivity contribution < 1.29 is 0 Å². The van der Waals surface area contributed by atoms with Crippen LogP contribution < -0.4 is 5.32 Å². The lowest BCUT2D eigenvalue weighted by molar-refractivity contribution is 0.808. The van der Waals surface area contributed by atoms with E-state index in [9.17, 15) is 0 Å². The van der Waals surface area contributed by atoms with Gasteiger partial charge in [-0.25, -0.2) is 9.67 Å². The van der Waals surface area contributed by atoms with Crippen molar-refractivity contribution in [3.05, 3.63) is 59.9 Å². The van der Waals surface area contributed by atoms with E-state index in [0.29, 0.717) is 6.54 Å². The van der Waals surface area contributed by atoms with E-state index in [1.54, 1.807) is 6.33 Å². The van der Waals surface area contributed by atoms with Crippen LogP contribution in [0.5, 0.6) is 0 Å². The quantitative estimate of drug-likeness (QED) is 0.755. The molecule has 5 nitrogen and oxygen atoms in total. The Hall–Kier alpha value is -2.56. The third-order valence-electron chi connectivity index (χ3n) is 3.57. The number of para-hydroxylation sites is 1. The number of benzene rings is 1. The van der Waals surface area contributed by atoms with Gasteiger partial charge in [-0.05, 0) is 25.0 Å². The number of H-pyrrole nitrogens is 1. The van der Waals surface area contributed by atoms with Crippen LogP contribution in [-0.4, -0.2) is 19.7 Å². The fraction of sp³-hybridized carbons (Fsp3) is 0.250. The summed E-state index contributed by atoms with van der Waals surface area (Å²) in [5.74, 6) is 0. The van der Waals surface area contributed by atoms with Crippen molar-refractivity contribution in [1.82, 2.24) is 19.7 Å². The van der Waals surface area contributed by atoms with Gasteiger partial charge in [0.2, 0.25) is 0 Å². The van der Waals surface area contributed by atoms with Crippen LogP contribution in [0.2, 0.25) is 0 Å². The summed E-state index contributed by atoms with van der Waals surface area (Å²) in [7, 11) is 0. The highest BCUT2D eigenvalue weighted by Gasteiger charge is 2.11. The molecule has 3 rings (SSSR count). The molecule has 0 fully saturated rings.